The van der Waals surface area contributed by atoms with Crippen molar-refractivity contribution in [3.63, 3.8) is 0 Å². The van der Waals surface area contributed by atoms with Gasteiger partial charge in [0.1, 0.15) is 0 Å². The van der Waals surface area contributed by atoms with Crippen LogP contribution < -0.4 is 11.1 Å². The molecule has 3 N–H and O–H groups in total. The van der Waals surface area contributed by atoms with E-state index in [1.54, 1.807) is 6.20 Å². The van der Waals surface area contributed by atoms with Gasteiger partial charge in [-0.1, -0.05) is 36.4 Å². The van der Waals surface area contributed by atoms with Crippen LogP contribution in [0.25, 0.3) is 10.8 Å². The quantitative estimate of drug-likeness (QED) is 0.712. The summed E-state index contributed by atoms with van der Waals surface area (Å²) < 4.78 is 0. The molecule has 3 rings (SSSR count). The molecule has 21 heavy (non-hydrogen) atoms. The van der Waals surface area contributed by atoms with Gasteiger partial charge in [0.2, 0.25) is 0 Å². The molecular formula is C18H19N3. The van der Waals surface area contributed by atoms with Crippen molar-refractivity contribution < 1.29 is 0 Å². The van der Waals surface area contributed by atoms with Gasteiger partial charge in [-0.3, -0.25) is 4.98 Å². The van der Waals surface area contributed by atoms with E-state index in [0.29, 0.717) is 6.04 Å². The van der Waals surface area contributed by atoms with Crippen molar-refractivity contribution in [1.82, 2.24) is 4.98 Å². The molecule has 1 heterocycles. The van der Waals surface area contributed by atoms with Crippen LogP contribution >= 0.6 is 0 Å². The zero-order valence-corrected chi connectivity index (χ0v) is 12.1. The highest BCUT2D eigenvalue weighted by molar-refractivity contribution is 5.98. The van der Waals surface area contributed by atoms with Crippen molar-refractivity contribution in [2.75, 3.05) is 11.1 Å². The summed E-state index contributed by atoms with van der Waals surface area (Å²) in [6, 6.07) is 16.8. The van der Waals surface area contributed by atoms with Gasteiger partial charge in [0.15, 0.2) is 0 Å². The fraction of sp³-hybridized carbons (Fsp3) is 0.167. The Balaban J connectivity index is 1.80. The van der Waals surface area contributed by atoms with E-state index in [2.05, 4.69) is 47.6 Å². The summed E-state index contributed by atoms with van der Waals surface area (Å²) in [7, 11) is 0. The van der Waals surface area contributed by atoms with Crippen molar-refractivity contribution in [3.8, 4) is 0 Å². The third-order valence-electron chi connectivity index (χ3n) is 3.65. The van der Waals surface area contributed by atoms with Gasteiger partial charge in [-0.2, -0.15) is 0 Å². The van der Waals surface area contributed by atoms with Crippen LogP contribution in [0.5, 0.6) is 0 Å². The van der Waals surface area contributed by atoms with Gasteiger partial charge in [0, 0.05) is 29.2 Å². The lowest BCUT2D eigenvalue weighted by Gasteiger charge is -2.18. The molecule has 1 unspecified atom stereocenters. The molecular weight excluding hydrogens is 258 g/mol. The highest BCUT2D eigenvalue weighted by atomic mass is 14.9. The fourth-order valence-electron chi connectivity index (χ4n) is 2.60. The van der Waals surface area contributed by atoms with Gasteiger partial charge in [0.25, 0.3) is 0 Å². The summed E-state index contributed by atoms with van der Waals surface area (Å²) in [5.41, 5.74) is 9.36. The second-order valence-corrected chi connectivity index (χ2v) is 5.36. The molecule has 1 aromatic heterocycles. The number of pyridine rings is 1. The van der Waals surface area contributed by atoms with Crippen molar-refractivity contribution in [3.05, 3.63) is 66.5 Å². The lowest BCUT2D eigenvalue weighted by molar-refractivity contribution is 0.791. The van der Waals surface area contributed by atoms with Crippen LogP contribution in [0.1, 0.15) is 12.5 Å². The third kappa shape index (κ3) is 2.97. The largest absolute Gasteiger partial charge is 0.397 e. The van der Waals surface area contributed by atoms with Crippen LogP contribution in [0, 0.1) is 0 Å². The number of nitrogens with zero attached hydrogens (tertiary/aromatic N) is 1. The minimum absolute atomic E-state index is 0.314. The highest BCUT2D eigenvalue weighted by Crippen LogP contribution is 2.28. The maximum Gasteiger partial charge on any atom is 0.0630 e. The van der Waals surface area contributed by atoms with Crippen LogP contribution in [-0.2, 0) is 6.42 Å². The summed E-state index contributed by atoms with van der Waals surface area (Å²) in [5, 5.41) is 5.61. The Morgan fingerprint density at radius 1 is 1.10 bits per heavy atom. The van der Waals surface area contributed by atoms with E-state index in [4.69, 9.17) is 5.73 Å². The Labute approximate surface area is 124 Å². The van der Waals surface area contributed by atoms with E-state index >= 15 is 0 Å². The van der Waals surface area contributed by atoms with E-state index in [-0.39, 0.29) is 0 Å². The summed E-state index contributed by atoms with van der Waals surface area (Å²) in [6.45, 7) is 2.17. The molecule has 3 heteroatoms. The molecule has 0 aliphatic heterocycles. The van der Waals surface area contributed by atoms with E-state index in [9.17, 15) is 0 Å². The molecule has 0 saturated heterocycles. The van der Waals surface area contributed by atoms with E-state index in [1.807, 2.05) is 24.4 Å². The van der Waals surface area contributed by atoms with Gasteiger partial charge >= 0.3 is 0 Å². The maximum atomic E-state index is 6.27. The fourth-order valence-corrected chi connectivity index (χ4v) is 2.60. The topological polar surface area (TPSA) is 50.9 Å². The van der Waals surface area contributed by atoms with E-state index in [0.717, 1.165) is 28.6 Å². The zero-order chi connectivity index (χ0) is 14.7. The first-order chi connectivity index (χ1) is 10.2. The molecule has 0 saturated carbocycles. The second kappa shape index (κ2) is 5.83. The number of benzene rings is 2. The van der Waals surface area contributed by atoms with Crippen molar-refractivity contribution >= 4 is 22.1 Å². The van der Waals surface area contributed by atoms with Gasteiger partial charge in [-0.25, -0.2) is 0 Å². The number of nitrogens with one attached hydrogen (secondary N) is 1. The third-order valence-corrected chi connectivity index (χ3v) is 3.65. The number of fused-ring (bicyclic) bond motifs is 1. The first-order valence-electron chi connectivity index (χ1n) is 7.16. The lowest BCUT2D eigenvalue weighted by atomic mass is 10.1. The Hall–Kier alpha value is -2.55. The summed E-state index contributed by atoms with van der Waals surface area (Å²) in [6.07, 6.45) is 4.58. The minimum atomic E-state index is 0.314. The summed E-state index contributed by atoms with van der Waals surface area (Å²) in [4.78, 5) is 4.12. The molecule has 0 amide bonds. The lowest BCUT2D eigenvalue weighted by Crippen LogP contribution is -2.18. The van der Waals surface area contributed by atoms with Crippen molar-refractivity contribution in [2.45, 2.75) is 19.4 Å². The molecule has 0 aliphatic rings. The second-order valence-electron chi connectivity index (χ2n) is 5.36. The monoisotopic (exact) mass is 277 g/mol. The molecule has 3 nitrogen and oxygen atoms in total. The molecule has 3 aromatic rings. The smallest absolute Gasteiger partial charge is 0.0630 e. The molecule has 0 fully saturated rings. The molecule has 0 radical (unpaired) electrons. The maximum absolute atomic E-state index is 6.27. The normalized spacial score (nSPS) is 12.2. The van der Waals surface area contributed by atoms with E-state index < -0.39 is 0 Å². The number of aromatic nitrogens is 1. The molecule has 0 bridgehead atoms. The average molecular weight is 277 g/mol. The number of nitrogens with two attached hydrogens (primary N) is 1. The van der Waals surface area contributed by atoms with Crippen LogP contribution in [-0.4, -0.2) is 11.0 Å². The number of rotatable bonds is 4. The highest BCUT2D eigenvalue weighted by Gasteiger charge is 2.08. The van der Waals surface area contributed by atoms with Gasteiger partial charge in [0.05, 0.1) is 11.4 Å². The number of hydrogen-bond donors (Lipinski definition) is 2. The van der Waals surface area contributed by atoms with Gasteiger partial charge < -0.3 is 11.1 Å². The first kappa shape index (κ1) is 13.4. The van der Waals surface area contributed by atoms with Crippen LogP contribution in [0.2, 0.25) is 0 Å². The summed E-state index contributed by atoms with van der Waals surface area (Å²) >= 11 is 0. The average Bonchev–Trinajstić information content (AvgIpc) is 2.51. The minimum Gasteiger partial charge on any atom is -0.397 e. The molecule has 0 aliphatic carbocycles. The number of nitrogen functional groups attached to an aromatic ring is 1. The van der Waals surface area contributed by atoms with Crippen LogP contribution in [0.4, 0.5) is 11.4 Å². The van der Waals surface area contributed by atoms with Crippen molar-refractivity contribution in [1.29, 1.82) is 0 Å². The van der Waals surface area contributed by atoms with E-state index in [1.165, 1.54) is 5.56 Å². The SMILES string of the molecule is CC(Cc1ccccc1)Nc1ccc2cnccc2c1N. The number of anilines is 2. The van der Waals surface area contributed by atoms with Gasteiger partial charge in [-0.15, -0.1) is 0 Å². The summed E-state index contributed by atoms with van der Waals surface area (Å²) in [5.74, 6) is 0. The standard InChI is InChI=1S/C18H19N3/c1-13(11-14-5-3-2-4-6-14)21-17-8-7-15-12-20-10-9-16(15)18(17)19/h2-10,12-13,21H,11,19H2,1H3. The van der Waals surface area contributed by atoms with Crippen LogP contribution in [0.3, 0.4) is 0 Å². The van der Waals surface area contributed by atoms with Crippen LogP contribution in [0.15, 0.2) is 60.9 Å². The first-order valence-corrected chi connectivity index (χ1v) is 7.16. The Kier molecular flexibility index (Phi) is 3.73. The Bertz CT molecular complexity index is 738. The Morgan fingerprint density at radius 2 is 1.90 bits per heavy atom. The Morgan fingerprint density at radius 3 is 2.71 bits per heavy atom. The zero-order valence-electron chi connectivity index (χ0n) is 12.1. The predicted molar refractivity (Wildman–Crippen MR) is 89.4 cm³/mol. The molecule has 1 atom stereocenters. The number of hydrogen-bond acceptors (Lipinski definition) is 3. The van der Waals surface area contributed by atoms with Gasteiger partial charge in [-0.05, 0) is 31.0 Å². The molecule has 0 spiro atoms. The predicted octanol–water partition coefficient (Wildman–Crippen LogP) is 3.86. The van der Waals surface area contributed by atoms with Crippen molar-refractivity contribution in [2.24, 2.45) is 0 Å². The molecule has 2 aromatic carbocycles. The molecule has 106 valence electrons.